The van der Waals surface area contributed by atoms with Gasteiger partial charge in [-0.25, -0.2) is 13.9 Å². The number of nitrogens with zero attached hydrogens (tertiary/aromatic N) is 4. The third-order valence-corrected chi connectivity index (χ3v) is 5.81. The van der Waals surface area contributed by atoms with Crippen molar-refractivity contribution in [1.29, 1.82) is 0 Å². The first-order chi connectivity index (χ1) is 14.9. The highest BCUT2D eigenvalue weighted by Crippen LogP contribution is 2.16. The number of carbonyl (C=O) groups is 1. The van der Waals surface area contributed by atoms with E-state index in [1.807, 2.05) is 13.8 Å². The lowest BCUT2D eigenvalue weighted by Crippen LogP contribution is -2.36. The monoisotopic (exact) mass is 427 g/mol. The van der Waals surface area contributed by atoms with Gasteiger partial charge in [-0.3, -0.25) is 9.36 Å². The van der Waals surface area contributed by atoms with Crippen LogP contribution in [0.15, 0.2) is 33.6 Å². The SMILES string of the molecule is Cc1noc(C)c1CCC(=O)NC1CCc2nn(Cc3ccc(F)cc3)c(=O)n2CC1. The molecule has 164 valence electrons. The number of nitrogens with one attached hydrogen (secondary N) is 1. The van der Waals surface area contributed by atoms with Crippen LogP contribution in [-0.4, -0.2) is 31.5 Å². The van der Waals surface area contributed by atoms with Gasteiger partial charge in [-0.15, -0.1) is 0 Å². The summed E-state index contributed by atoms with van der Waals surface area (Å²) in [5.74, 6) is 1.15. The normalized spacial score (nSPS) is 16.0. The summed E-state index contributed by atoms with van der Waals surface area (Å²) in [6.07, 6.45) is 2.97. The highest BCUT2D eigenvalue weighted by atomic mass is 19.1. The fourth-order valence-electron chi connectivity index (χ4n) is 4.04. The Kier molecular flexibility index (Phi) is 6.01. The van der Waals surface area contributed by atoms with Crippen LogP contribution in [-0.2, 0) is 30.7 Å². The van der Waals surface area contributed by atoms with Gasteiger partial charge in [0.25, 0.3) is 0 Å². The summed E-state index contributed by atoms with van der Waals surface area (Å²) in [6.45, 7) is 4.54. The number of carbonyl (C=O) groups excluding carboxylic acids is 1. The lowest BCUT2D eigenvalue weighted by molar-refractivity contribution is -0.121. The van der Waals surface area contributed by atoms with Crippen LogP contribution in [0.3, 0.4) is 0 Å². The second-order valence-electron chi connectivity index (χ2n) is 8.03. The van der Waals surface area contributed by atoms with Crippen molar-refractivity contribution in [2.75, 3.05) is 0 Å². The molecule has 3 heterocycles. The molecule has 0 aliphatic carbocycles. The molecule has 0 radical (unpaired) electrons. The zero-order valence-corrected chi connectivity index (χ0v) is 17.7. The topological polar surface area (TPSA) is 95.0 Å². The molecular formula is C22H26FN5O3. The molecule has 0 fully saturated rings. The molecule has 31 heavy (non-hydrogen) atoms. The van der Waals surface area contributed by atoms with Gasteiger partial charge in [0.2, 0.25) is 5.91 Å². The molecule has 0 bridgehead atoms. The molecule has 1 N–H and O–H groups in total. The molecule has 1 atom stereocenters. The molecular weight excluding hydrogens is 401 g/mol. The third-order valence-electron chi connectivity index (χ3n) is 5.81. The number of aryl methyl sites for hydroxylation is 3. The van der Waals surface area contributed by atoms with Crippen LogP contribution in [0.4, 0.5) is 4.39 Å². The number of aromatic nitrogens is 4. The van der Waals surface area contributed by atoms with Gasteiger partial charge < -0.3 is 9.84 Å². The van der Waals surface area contributed by atoms with Crippen LogP contribution in [0.2, 0.25) is 0 Å². The van der Waals surface area contributed by atoms with Gasteiger partial charge in [-0.2, -0.15) is 5.10 Å². The minimum absolute atomic E-state index is 0.00353. The average Bonchev–Trinajstić information content (AvgIpc) is 3.13. The molecule has 3 aromatic rings. The van der Waals surface area contributed by atoms with Crippen molar-refractivity contribution < 1.29 is 13.7 Å². The van der Waals surface area contributed by atoms with Crippen molar-refractivity contribution in [3.63, 3.8) is 0 Å². The number of hydrogen-bond acceptors (Lipinski definition) is 5. The molecule has 1 amide bonds. The first-order valence-corrected chi connectivity index (χ1v) is 10.5. The van der Waals surface area contributed by atoms with E-state index in [0.29, 0.717) is 38.8 Å². The molecule has 1 unspecified atom stereocenters. The van der Waals surface area contributed by atoms with E-state index in [1.54, 1.807) is 16.7 Å². The molecule has 0 saturated carbocycles. The molecule has 2 aromatic heterocycles. The van der Waals surface area contributed by atoms with E-state index in [9.17, 15) is 14.0 Å². The zero-order valence-electron chi connectivity index (χ0n) is 17.7. The van der Waals surface area contributed by atoms with Crippen molar-refractivity contribution >= 4 is 5.91 Å². The largest absolute Gasteiger partial charge is 0.361 e. The summed E-state index contributed by atoms with van der Waals surface area (Å²) < 4.78 is 21.3. The quantitative estimate of drug-likeness (QED) is 0.651. The Hall–Kier alpha value is -3.23. The Morgan fingerprint density at radius 3 is 2.74 bits per heavy atom. The fraction of sp³-hybridized carbons (Fsp3) is 0.455. The molecule has 8 nitrogen and oxygen atoms in total. The molecule has 1 aliphatic heterocycles. The second kappa shape index (κ2) is 8.87. The van der Waals surface area contributed by atoms with E-state index < -0.39 is 0 Å². The second-order valence-corrected chi connectivity index (χ2v) is 8.03. The lowest BCUT2D eigenvalue weighted by Gasteiger charge is -2.16. The Morgan fingerprint density at radius 2 is 2.03 bits per heavy atom. The standard InChI is InChI=1S/C22H26FN5O3/c1-14-19(15(2)31-26-14)8-10-21(29)24-18-7-9-20-25-28(22(30)27(20)12-11-18)13-16-3-5-17(23)6-4-16/h3-6,18H,7-13H2,1-2H3,(H,24,29). The lowest BCUT2D eigenvalue weighted by atomic mass is 10.1. The van der Waals surface area contributed by atoms with Crippen LogP contribution >= 0.6 is 0 Å². The summed E-state index contributed by atoms with van der Waals surface area (Å²) in [5, 5.41) is 11.5. The van der Waals surface area contributed by atoms with Crippen LogP contribution in [0.1, 0.15) is 47.7 Å². The van der Waals surface area contributed by atoms with Gasteiger partial charge in [0.15, 0.2) is 0 Å². The molecule has 9 heteroatoms. The van der Waals surface area contributed by atoms with Gasteiger partial charge >= 0.3 is 5.69 Å². The van der Waals surface area contributed by atoms with Crippen molar-refractivity contribution in [3.05, 3.63) is 69.0 Å². The Balaban J connectivity index is 1.33. The maximum atomic E-state index is 13.1. The number of fused-ring (bicyclic) bond motifs is 1. The van der Waals surface area contributed by atoms with Crippen LogP contribution in [0.25, 0.3) is 0 Å². The predicted octanol–water partition coefficient (Wildman–Crippen LogP) is 2.29. The molecule has 0 spiro atoms. The summed E-state index contributed by atoms with van der Waals surface area (Å²) in [4.78, 5) is 25.2. The van der Waals surface area contributed by atoms with Gasteiger partial charge in [0.05, 0.1) is 12.2 Å². The van der Waals surface area contributed by atoms with Crippen LogP contribution in [0, 0.1) is 19.7 Å². The van der Waals surface area contributed by atoms with E-state index in [2.05, 4.69) is 15.6 Å². The summed E-state index contributed by atoms with van der Waals surface area (Å²) in [6, 6.07) is 6.06. The van der Waals surface area contributed by atoms with Crippen LogP contribution in [0.5, 0.6) is 0 Å². The predicted molar refractivity (Wildman–Crippen MR) is 111 cm³/mol. The first-order valence-electron chi connectivity index (χ1n) is 10.5. The molecule has 1 aromatic carbocycles. The van der Waals surface area contributed by atoms with E-state index in [0.717, 1.165) is 34.8 Å². The van der Waals surface area contributed by atoms with E-state index >= 15 is 0 Å². The van der Waals surface area contributed by atoms with Gasteiger partial charge in [0, 0.05) is 31.0 Å². The minimum atomic E-state index is -0.309. The Labute approximate surface area is 179 Å². The smallest absolute Gasteiger partial charge is 0.346 e. The maximum Gasteiger partial charge on any atom is 0.346 e. The number of rotatable bonds is 6. The molecule has 0 saturated heterocycles. The van der Waals surface area contributed by atoms with E-state index in [-0.39, 0.29) is 23.5 Å². The van der Waals surface area contributed by atoms with Gasteiger partial charge in [-0.05, 0) is 50.8 Å². The molecule has 4 rings (SSSR count). The number of amides is 1. The fourth-order valence-corrected chi connectivity index (χ4v) is 4.04. The number of halogens is 1. The molecule has 1 aliphatic rings. The third kappa shape index (κ3) is 4.76. The van der Waals surface area contributed by atoms with E-state index in [1.165, 1.54) is 16.8 Å². The number of hydrogen-bond donors (Lipinski definition) is 1. The summed E-state index contributed by atoms with van der Waals surface area (Å²) in [7, 11) is 0. The van der Waals surface area contributed by atoms with E-state index in [4.69, 9.17) is 4.52 Å². The minimum Gasteiger partial charge on any atom is -0.361 e. The van der Waals surface area contributed by atoms with Crippen molar-refractivity contribution in [1.82, 2.24) is 24.8 Å². The maximum absolute atomic E-state index is 13.1. The highest BCUT2D eigenvalue weighted by Gasteiger charge is 2.22. The van der Waals surface area contributed by atoms with Crippen LogP contribution < -0.4 is 11.0 Å². The Morgan fingerprint density at radius 1 is 1.26 bits per heavy atom. The summed E-state index contributed by atoms with van der Waals surface area (Å²) in [5.41, 5.74) is 2.45. The van der Waals surface area contributed by atoms with Crippen molar-refractivity contribution in [3.8, 4) is 0 Å². The first kappa shape index (κ1) is 21.0. The summed E-state index contributed by atoms with van der Waals surface area (Å²) >= 11 is 0. The number of benzene rings is 1. The van der Waals surface area contributed by atoms with Crippen molar-refractivity contribution in [2.24, 2.45) is 0 Å². The zero-order chi connectivity index (χ0) is 22.0. The Bertz CT molecular complexity index is 1110. The van der Waals surface area contributed by atoms with Gasteiger partial charge in [-0.1, -0.05) is 17.3 Å². The highest BCUT2D eigenvalue weighted by molar-refractivity contribution is 5.76. The van der Waals surface area contributed by atoms with Crippen molar-refractivity contribution in [2.45, 2.75) is 65.1 Å². The average molecular weight is 427 g/mol. The van der Waals surface area contributed by atoms with Gasteiger partial charge in [0.1, 0.15) is 17.4 Å².